The first-order valence-electron chi connectivity index (χ1n) is 14.3. The van der Waals surface area contributed by atoms with Crippen LogP contribution in [0.5, 0.6) is 0 Å². The lowest BCUT2D eigenvalue weighted by Crippen LogP contribution is -2.49. The molecule has 2 aliphatic heterocycles. The summed E-state index contributed by atoms with van der Waals surface area (Å²) in [7, 11) is 0. The van der Waals surface area contributed by atoms with E-state index in [0.717, 1.165) is 12.8 Å². The summed E-state index contributed by atoms with van der Waals surface area (Å²) in [5, 5.41) is 7.47. The van der Waals surface area contributed by atoms with Crippen LogP contribution in [0.1, 0.15) is 82.6 Å². The van der Waals surface area contributed by atoms with Crippen molar-refractivity contribution in [2.45, 2.75) is 84.7 Å². The van der Waals surface area contributed by atoms with Crippen LogP contribution in [0.4, 0.5) is 4.79 Å². The minimum Gasteiger partial charge on any atom is -0.444 e. The maximum absolute atomic E-state index is 13.1. The van der Waals surface area contributed by atoms with Gasteiger partial charge in [0.05, 0.1) is 6.10 Å². The third-order valence-corrected chi connectivity index (χ3v) is 7.29. The number of carbonyl (C=O) groups excluding carboxylic acids is 4. The normalized spacial score (nSPS) is 19.7. The van der Waals surface area contributed by atoms with Crippen LogP contribution >= 0.6 is 0 Å². The van der Waals surface area contributed by atoms with Crippen LogP contribution in [-0.4, -0.2) is 83.6 Å². The van der Waals surface area contributed by atoms with Crippen molar-refractivity contribution in [3.63, 3.8) is 0 Å². The number of ketones is 1. The van der Waals surface area contributed by atoms with Crippen molar-refractivity contribution in [3.05, 3.63) is 35.4 Å². The molecule has 0 radical (unpaired) electrons. The Kier molecular flexibility index (Phi) is 10.9. The van der Waals surface area contributed by atoms with Gasteiger partial charge in [-0.3, -0.25) is 19.8 Å². The fourth-order valence-corrected chi connectivity index (χ4v) is 5.16. The van der Waals surface area contributed by atoms with Crippen LogP contribution in [0.15, 0.2) is 24.3 Å². The van der Waals surface area contributed by atoms with Gasteiger partial charge in [0.2, 0.25) is 12.2 Å². The number of likely N-dealkylation sites (tertiary alicyclic amines) is 2. The second-order valence-electron chi connectivity index (χ2n) is 12.0. The average molecular weight is 573 g/mol. The van der Waals surface area contributed by atoms with Crippen LogP contribution in [0.25, 0.3) is 0 Å². The molecule has 11 nitrogen and oxygen atoms in total. The number of hydrogen-bond acceptors (Lipinski definition) is 8. The highest BCUT2D eigenvalue weighted by Gasteiger charge is 2.36. The number of benzene rings is 1. The zero-order chi connectivity index (χ0) is 30.3. The zero-order valence-corrected chi connectivity index (χ0v) is 24.8. The monoisotopic (exact) mass is 572 g/mol. The molecular formula is C30H44N4O7. The van der Waals surface area contributed by atoms with Gasteiger partial charge in [-0.1, -0.05) is 31.2 Å². The number of ether oxygens (including phenoxy) is 3. The van der Waals surface area contributed by atoms with Crippen LogP contribution in [0.2, 0.25) is 0 Å². The fraction of sp³-hybridized carbons (Fsp3) is 0.633. The third kappa shape index (κ3) is 9.55. The largest absolute Gasteiger partial charge is 0.444 e. The molecule has 2 unspecified atom stereocenters. The number of nitrogens with one attached hydrogen (secondary N) is 1. The van der Waals surface area contributed by atoms with E-state index in [0.29, 0.717) is 50.1 Å². The molecule has 0 aromatic heterocycles. The highest BCUT2D eigenvalue weighted by atomic mass is 16.7. The second kappa shape index (κ2) is 13.9. The number of rotatable bonds is 9. The molecule has 1 aromatic rings. The average Bonchev–Trinajstić information content (AvgIpc) is 2.91. The minimum atomic E-state index is -0.795. The number of nitrogen functional groups attached to an aromatic ring is 1. The maximum Gasteiger partial charge on any atom is 0.410 e. The predicted molar refractivity (Wildman–Crippen MR) is 152 cm³/mol. The zero-order valence-electron chi connectivity index (χ0n) is 24.8. The first kappa shape index (κ1) is 32.0. The number of hydrogen-bond donors (Lipinski definition) is 2. The summed E-state index contributed by atoms with van der Waals surface area (Å²) in [6, 6.07) is 6.49. The van der Waals surface area contributed by atoms with Crippen LogP contribution in [-0.2, 0) is 23.8 Å². The number of amidine groups is 1. The van der Waals surface area contributed by atoms with Crippen LogP contribution < -0.4 is 5.73 Å². The SMILES string of the molecule is CC(=O)OC(OC1CCN(C(=O)[C@H](C)CC(=O)c2ccc(C(=N)N)cc2)CC1)C1CCCN(C(=O)OC(C)(C)C)C1. The van der Waals surface area contributed by atoms with Gasteiger partial charge < -0.3 is 29.7 Å². The van der Waals surface area contributed by atoms with Gasteiger partial charge in [0.25, 0.3) is 0 Å². The van der Waals surface area contributed by atoms with Crippen LogP contribution in [0.3, 0.4) is 0 Å². The summed E-state index contributed by atoms with van der Waals surface area (Å²) in [5.74, 6) is -1.42. The van der Waals surface area contributed by atoms with Crippen molar-refractivity contribution in [1.29, 1.82) is 5.41 Å². The molecule has 3 atom stereocenters. The van der Waals surface area contributed by atoms with Gasteiger partial charge in [-0.2, -0.15) is 0 Å². The Bertz CT molecular complexity index is 1110. The highest BCUT2D eigenvalue weighted by molar-refractivity contribution is 6.00. The molecule has 0 bridgehead atoms. The quantitative estimate of drug-likeness (QED) is 0.149. The second-order valence-corrected chi connectivity index (χ2v) is 12.0. The first-order valence-corrected chi connectivity index (χ1v) is 14.3. The molecular weight excluding hydrogens is 528 g/mol. The number of nitrogens with zero attached hydrogens (tertiary/aromatic N) is 2. The maximum atomic E-state index is 13.1. The van der Waals surface area contributed by atoms with Gasteiger partial charge in [-0.05, 0) is 46.5 Å². The number of piperidine rings is 2. The number of carbonyl (C=O) groups is 4. The molecule has 1 aromatic carbocycles. The Hall–Kier alpha value is -3.47. The number of nitrogens with two attached hydrogens (primary N) is 1. The predicted octanol–water partition coefficient (Wildman–Crippen LogP) is 3.72. The molecule has 226 valence electrons. The molecule has 0 spiro atoms. The summed E-state index contributed by atoms with van der Waals surface area (Å²) in [6.45, 7) is 10.4. The van der Waals surface area contributed by atoms with Crippen molar-refractivity contribution in [1.82, 2.24) is 9.80 Å². The Labute approximate surface area is 242 Å². The third-order valence-electron chi connectivity index (χ3n) is 7.29. The Morgan fingerprint density at radius 2 is 1.61 bits per heavy atom. The van der Waals surface area contributed by atoms with Gasteiger partial charge in [0.1, 0.15) is 11.4 Å². The standard InChI is InChI=1S/C30H44N4O7/c1-19(17-25(36)21-8-10-22(11-9-21)26(31)32)27(37)33-15-12-24(13-16-33)40-28(39-20(2)35)23-7-6-14-34(18-23)29(38)41-30(3,4)5/h8-11,19,23-24,28H,6-7,12-18H2,1-5H3,(H3,31,32)/t19-,23?,28?/m1/s1. The molecule has 41 heavy (non-hydrogen) atoms. The Morgan fingerprint density at radius 1 is 1.00 bits per heavy atom. The smallest absolute Gasteiger partial charge is 0.410 e. The molecule has 2 amide bonds. The van der Waals surface area contributed by atoms with E-state index in [1.807, 2.05) is 20.8 Å². The summed E-state index contributed by atoms with van der Waals surface area (Å²) in [5.41, 5.74) is 5.88. The van der Waals surface area contributed by atoms with E-state index in [4.69, 9.17) is 25.4 Å². The van der Waals surface area contributed by atoms with Crippen molar-refractivity contribution in [3.8, 4) is 0 Å². The number of amides is 2. The molecule has 3 N–H and O–H groups in total. The minimum absolute atomic E-state index is 0.0689. The molecule has 2 heterocycles. The van der Waals surface area contributed by atoms with E-state index in [1.54, 1.807) is 41.0 Å². The summed E-state index contributed by atoms with van der Waals surface area (Å²) in [6.07, 6.45) is 1.31. The van der Waals surface area contributed by atoms with E-state index in [-0.39, 0.29) is 36.0 Å². The summed E-state index contributed by atoms with van der Waals surface area (Å²) < 4.78 is 17.4. The van der Waals surface area contributed by atoms with Gasteiger partial charge in [0.15, 0.2) is 5.78 Å². The van der Waals surface area contributed by atoms with Crippen molar-refractivity contribution >= 4 is 29.6 Å². The van der Waals surface area contributed by atoms with Crippen molar-refractivity contribution < 1.29 is 33.4 Å². The van der Waals surface area contributed by atoms with Crippen LogP contribution in [0, 0.1) is 17.2 Å². The van der Waals surface area contributed by atoms with Gasteiger partial charge in [0, 0.05) is 62.5 Å². The molecule has 0 aliphatic carbocycles. The molecule has 2 aliphatic rings. The number of esters is 1. The van der Waals surface area contributed by atoms with E-state index in [2.05, 4.69) is 0 Å². The van der Waals surface area contributed by atoms with Crippen molar-refractivity contribution in [2.75, 3.05) is 26.2 Å². The van der Waals surface area contributed by atoms with E-state index >= 15 is 0 Å². The number of Topliss-reactive ketones (excluding diaryl/α,β-unsaturated/α-hetero) is 1. The summed E-state index contributed by atoms with van der Waals surface area (Å²) >= 11 is 0. The lowest BCUT2D eigenvalue weighted by molar-refractivity contribution is -0.211. The van der Waals surface area contributed by atoms with E-state index in [9.17, 15) is 19.2 Å². The first-order chi connectivity index (χ1) is 19.2. The van der Waals surface area contributed by atoms with Gasteiger partial charge in [-0.15, -0.1) is 0 Å². The Balaban J connectivity index is 1.52. The molecule has 0 saturated carbocycles. The molecule has 2 saturated heterocycles. The van der Waals surface area contributed by atoms with E-state index in [1.165, 1.54) is 6.92 Å². The molecule has 11 heteroatoms. The lowest BCUT2D eigenvalue weighted by atomic mass is 9.96. The van der Waals surface area contributed by atoms with E-state index < -0.39 is 29.9 Å². The van der Waals surface area contributed by atoms with Crippen molar-refractivity contribution in [2.24, 2.45) is 17.6 Å². The molecule has 3 rings (SSSR count). The van der Waals surface area contributed by atoms with Gasteiger partial charge in [-0.25, -0.2) is 4.79 Å². The lowest BCUT2D eigenvalue weighted by Gasteiger charge is -2.39. The summed E-state index contributed by atoms with van der Waals surface area (Å²) in [4.78, 5) is 53.7. The fourth-order valence-electron chi connectivity index (χ4n) is 5.16. The van der Waals surface area contributed by atoms with Gasteiger partial charge >= 0.3 is 12.1 Å². The highest BCUT2D eigenvalue weighted by Crippen LogP contribution is 2.28. The molecule has 2 fully saturated rings. The Morgan fingerprint density at radius 3 is 2.17 bits per heavy atom. The topological polar surface area (TPSA) is 152 Å².